The van der Waals surface area contributed by atoms with Gasteiger partial charge in [-0.2, -0.15) is 0 Å². The molecule has 25 heavy (non-hydrogen) atoms. The van der Waals surface area contributed by atoms with Crippen molar-refractivity contribution in [2.45, 2.75) is 24.9 Å². The molecule has 0 saturated carbocycles. The van der Waals surface area contributed by atoms with Crippen LogP contribution >= 0.6 is 0 Å². The van der Waals surface area contributed by atoms with Crippen molar-refractivity contribution in [2.75, 3.05) is 13.7 Å². The van der Waals surface area contributed by atoms with Gasteiger partial charge in [0.2, 0.25) is 5.91 Å². The fraction of sp³-hybridized carbons (Fsp3) is 0.375. The van der Waals surface area contributed by atoms with E-state index in [9.17, 15) is 19.2 Å². The van der Waals surface area contributed by atoms with Crippen molar-refractivity contribution in [2.24, 2.45) is 11.5 Å². The van der Waals surface area contributed by atoms with Gasteiger partial charge in [0.1, 0.15) is 6.04 Å². The van der Waals surface area contributed by atoms with E-state index >= 15 is 0 Å². The van der Waals surface area contributed by atoms with Crippen LogP contribution in [0.1, 0.15) is 12.0 Å². The second kappa shape index (κ2) is 10.2. The van der Waals surface area contributed by atoms with Gasteiger partial charge < -0.3 is 26.3 Å². The molecule has 0 aliphatic rings. The van der Waals surface area contributed by atoms with Crippen LogP contribution in [-0.2, 0) is 35.1 Å². The van der Waals surface area contributed by atoms with E-state index in [4.69, 9.17) is 11.5 Å². The molecule has 0 aliphatic carbocycles. The minimum absolute atomic E-state index is 0.197. The number of methoxy groups -OCH3 is 1. The fourth-order valence-electron chi connectivity index (χ4n) is 1.95. The Morgan fingerprint density at radius 3 is 2.32 bits per heavy atom. The second-order valence-corrected chi connectivity index (χ2v) is 5.13. The number of esters is 3. The molecule has 2 atom stereocenters. The summed E-state index contributed by atoms with van der Waals surface area (Å²) in [7, 11) is 1.20. The van der Waals surface area contributed by atoms with Gasteiger partial charge in [0.05, 0.1) is 26.1 Å². The zero-order valence-electron chi connectivity index (χ0n) is 13.8. The van der Waals surface area contributed by atoms with Gasteiger partial charge in [-0.25, -0.2) is 4.79 Å². The van der Waals surface area contributed by atoms with Crippen molar-refractivity contribution in [3.63, 3.8) is 0 Å². The van der Waals surface area contributed by atoms with Crippen LogP contribution < -0.4 is 16.8 Å². The molecule has 0 heterocycles. The largest absolute Gasteiger partial charge is 0.467 e. The SMILES string of the molecule is COC(=O)[C@H](Cc1ccccc1)NC(=O)[C@@H](N)CC(=O)OC(=O)CN. The Morgan fingerprint density at radius 2 is 1.76 bits per heavy atom. The van der Waals surface area contributed by atoms with Gasteiger partial charge in [0, 0.05) is 6.42 Å². The van der Waals surface area contributed by atoms with Crippen molar-refractivity contribution < 1.29 is 28.7 Å². The van der Waals surface area contributed by atoms with Gasteiger partial charge in [0.15, 0.2) is 0 Å². The molecule has 0 saturated heterocycles. The molecule has 0 unspecified atom stereocenters. The maximum absolute atomic E-state index is 12.1. The summed E-state index contributed by atoms with van der Waals surface area (Å²) in [5.74, 6) is -3.29. The van der Waals surface area contributed by atoms with Crippen LogP contribution in [0.15, 0.2) is 30.3 Å². The Balaban J connectivity index is 2.66. The zero-order valence-corrected chi connectivity index (χ0v) is 13.8. The minimum atomic E-state index is -1.29. The Morgan fingerprint density at radius 1 is 1.12 bits per heavy atom. The normalized spacial score (nSPS) is 12.6. The predicted octanol–water partition coefficient (Wildman–Crippen LogP) is -1.37. The summed E-state index contributed by atoms with van der Waals surface area (Å²) in [5.41, 5.74) is 11.4. The van der Waals surface area contributed by atoms with Gasteiger partial charge in [-0.1, -0.05) is 30.3 Å². The van der Waals surface area contributed by atoms with Gasteiger partial charge in [0.25, 0.3) is 0 Å². The maximum Gasteiger partial charge on any atom is 0.328 e. The quantitative estimate of drug-likeness (QED) is 0.383. The standard InChI is InChI=1S/C16H21N3O6/c1-24-16(23)12(7-10-5-3-2-4-6-10)19-15(22)11(18)8-13(20)25-14(21)9-17/h2-6,11-12H,7-9,17-18H2,1H3,(H,19,22)/t11-,12-/m0/s1. The summed E-state index contributed by atoms with van der Waals surface area (Å²) < 4.78 is 9.00. The molecule has 0 bridgehead atoms. The van der Waals surface area contributed by atoms with Crippen molar-refractivity contribution in [1.29, 1.82) is 0 Å². The number of rotatable bonds is 8. The summed E-state index contributed by atoms with van der Waals surface area (Å²) in [6, 6.07) is 6.73. The van der Waals surface area contributed by atoms with Crippen molar-refractivity contribution >= 4 is 23.8 Å². The highest BCUT2D eigenvalue weighted by molar-refractivity contribution is 5.92. The third-order valence-electron chi connectivity index (χ3n) is 3.20. The highest BCUT2D eigenvalue weighted by atomic mass is 16.6. The van der Waals surface area contributed by atoms with Crippen molar-refractivity contribution in [1.82, 2.24) is 5.32 Å². The summed E-state index contributed by atoms with van der Waals surface area (Å²) in [6.45, 7) is -0.464. The van der Waals surface area contributed by atoms with Gasteiger partial charge in [-0.15, -0.1) is 0 Å². The van der Waals surface area contributed by atoms with Gasteiger partial charge in [-0.3, -0.25) is 14.4 Å². The summed E-state index contributed by atoms with van der Waals surface area (Å²) in [4.78, 5) is 46.3. The highest BCUT2D eigenvalue weighted by Gasteiger charge is 2.26. The molecule has 0 fully saturated rings. The van der Waals surface area contributed by atoms with Crippen molar-refractivity contribution in [3.8, 4) is 0 Å². The average molecular weight is 351 g/mol. The molecule has 9 nitrogen and oxygen atoms in total. The number of ether oxygens (including phenoxy) is 2. The molecule has 1 aromatic carbocycles. The molecule has 0 aromatic heterocycles. The van der Waals surface area contributed by atoms with Crippen LogP contribution in [0.25, 0.3) is 0 Å². The van der Waals surface area contributed by atoms with E-state index in [0.29, 0.717) is 0 Å². The van der Waals surface area contributed by atoms with Gasteiger partial charge in [-0.05, 0) is 5.56 Å². The zero-order chi connectivity index (χ0) is 18.8. The Bertz CT molecular complexity index is 620. The van der Waals surface area contributed by atoms with E-state index in [2.05, 4.69) is 14.8 Å². The van der Waals surface area contributed by atoms with E-state index in [1.165, 1.54) is 7.11 Å². The van der Waals surface area contributed by atoms with E-state index < -0.39 is 48.9 Å². The molecule has 5 N–H and O–H groups in total. The average Bonchev–Trinajstić information content (AvgIpc) is 2.60. The lowest BCUT2D eigenvalue weighted by Gasteiger charge is -2.19. The van der Waals surface area contributed by atoms with Crippen LogP contribution in [-0.4, -0.2) is 49.6 Å². The highest BCUT2D eigenvalue weighted by Crippen LogP contribution is 2.05. The molecule has 9 heteroatoms. The van der Waals surface area contributed by atoms with Gasteiger partial charge >= 0.3 is 17.9 Å². The third kappa shape index (κ3) is 7.10. The molecule has 1 aromatic rings. The second-order valence-electron chi connectivity index (χ2n) is 5.13. The molecule has 1 rings (SSSR count). The summed E-state index contributed by atoms with van der Waals surface area (Å²) in [6.07, 6.45) is -0.334. The van der Waals surface area contributed by atoms with Crippen LogP contribution in [0.2, 0.25) is 0 Å². The molecule has 136 valence electrons. The number of benzene rings is 1. The van der Waals surface area contributed by atoms with Crippen LogP contribution in [0.4, 0.5) is 0 Å². The number of carbonyl (C=O) groups is 4. The fourth-order valence-corrected chi connectivity index (χ4v) is 1.95. The first-order valence-corrected chi connectivity index (χ1v) is 7.48. The predicted molar refractivity (Wildman–Crippen MR) is 86.8 cm³/mol. The molecule has 0 aliphatic heterocycles. The van der Waals surface area contributed by atoms with E-state index in [-0.39, 0.29) is 6.42 Å². The monoisotopic (exact) mass is 351 g/mol. The number of nitrogens with one attached hydrogen (secondary N) is 1. The number of hydrogen-bond donors (Lipinski definition) is 3. The Hall–Kier alpha value is -2.78. The van der Waals surface area contributed by atoms with E-state index in [1.807, 2.05) is 6.07 Å². The Kier molecular flexibility index (Phi) is 8.24. The number of amides is 1. The maximum atomic E-state index is 12.1. The van der Waals surface area contributed by atoms with Crippen LogP contribution in [0.3, 0.4) is 0 Å². The molecule has 0 radical (unpaired) electrons. The van der Waals surface area contributed by atoms with Crippen molar-refractivity contribution in [3.05, 3.63) is 35.9 Å². The minimum Gasteiger partial charge on any atom is -0.467 e. The van der Waals surface area contributed by atoms with Crippen LogP contribution in [0.5, 0.6) is 0 Å². The number of hydrogen-bond acceptors (Lipinski definition) is 8. The lowest BCUT2D eigenvalue weighted by Crippen LogP contribution is -2.50. The number of carbonyl (C=O) groups excluding carboxylic acids is 4. The first-order chi connectivity index (χ1) is 11.9. The lowest BCUT2D eigenvalue weighted by atomic mass is 10.1. The Labute approximate surface area is 144 Å². The lowest BCUT2D eigenvalue weighted by molar-refractivity contribution is -0.159. The summed E-state index contributed by atoms with van der Waals surface area (Å²) in [5, 5.41) is 2.43. The smallest absolute Gasteiger partial charge is 0.328 e. The van der Waals surface area contributed by atoms with E-state index in [1.54, 1.807) is 24.3 Å². The summed E-state index contributed by atoms with van der Waals surface area (Å²) >= 11 is 0. The first-order valence-electron chi connectivity index (χ1n) is 7.48. The third-order valence-corrected chi connectivity index (χ3v) is 3.20. The molecular weight excluding hydrogens is 330 g/mol. The van der Waals surface area contributed by atoms with Crippen LogP contribution in [0, 0.1) is 0 Å². The number of nitrogens with two attached hydrogens (primary N) is 2. The van der Waals surface area contributed by atoms with E-state index in [0.717, 1.165) is 5.56 Å². The topological polar surface area (TPSA) is 151 Å². The molecule has 1 amide bonds. The molecule has 0 spiro atoms. The molecular formula is C16H21N3O6. The first kappa shape index (κ1) is 20.3.